The number of nitrogens with zero attached hydrogens (tertiary/aromatic N) is 4. The van der Waals surface area contributed by atoms with Crippen LogP contribution >= 0.6 is 35.4 Å². The monoisotopic (exact) mass is 626 g/mol. The zero-order valence-corrected chi connectivity index (χ0v) is 25.4. The van der Waals surface area contributed by atoms with Crippen LogP contribution in [-0.4, -0.2) is 60.1 Å². The Kier molecular flexibility index (Phi) is 9.79. The van der Waals surface area contributed by atoms with Gasteiger partial charge in [-0.2, -0.15) is 0 Å². The molecule has 0 unspecified atom stereocenters. The van der Waals surface area contributed by atoms with Gasteiger partial charge in [0.2, 0.25) is 0 Å². The zero-order chi connectivity index (χ0) is 29.6. The van der Waals surface area contributed by atoms with Gasteiger partial charge in [-0.25, -0.2) is 0 Å². The second kappa shape index (κ2) is 13.7. The number of hydrogen-bond acceptors (Lipinski definition) is 7. The summed E-state index contributed by atoms with van der Waals surface area (Å²) < 4.78 is 0. The summed E-state index contributed by atoms with van der Waals surface area (Å²) in [5.41, 5.74) is 3.28. The summed E-state index contributed by atoms with van der Waals surface area (Å²) >= 11 is 18.3. The number of nitro benzene ring substituents is 1. The van der Waals surface area contributed by atoms with Crippen molar-refractivity contribution in [1.82, 2.24) is 10.2 Å². The number of anilines is 3. The van der Waals surface area contributed by atoms with Crippen LogP contribution in [0.3, 0.4) is 0 Å². The van der Waals surface area contributed by atoms with E-state index < -0.39 is 10.8 Å². The molecule has 1 amide bonds. The molecule has 0 bridgehead atoms. The van der Waals surface area contributed by atoms with E-state index in [1.54, 1.807) is 18.2 Å². The van der Waals surface area contributed by atoms with E-state index in [0.717, 1.165) is 81.3 Å². The fourth-order valence-electron chi connectivity index (χ4n) is 5.41. The summed E-state index contributed by atoms with van der Waals surface area (Å²) in [4.78, 5) is 30.8. The lowest BCUT2D eigenvalue weighted by molar-refractivity contribution is -0.384. The Bertz CT molecular complexity index is 1480. The number of thiocarbonyl (C=S) groups is 1. The van der Waals surface area contributed by atoms with Crippen LogP contribution in [0.4, 0.5) is 22.7 Å². The minimum absolute atomic E-state index is 0.0692. The number of benzene rings is 3. The van der Waals surface area contributed by atoms with Gasteiger partial charge in [0.05, 0.1) is 15.6 Å². The lowest BCUT2D eigenvalue weighted by Crippen LogP contribution is -2.46. The highest BCUT2D eigenvalue weighted by molar-refractivity contribution is 7.80. The second-order valence-electron chi connectivity index (χ2n) is 10.4. The van der Waals surface area contributed by atoms with Crippen molar-refractivity contribution in [2.75, 3.05) is 54.4 Å². The highest BCUT2D eigenvalue weighted by Crippen LogP contribution is 2.32. The molecule has 2 aliphatic rings. The number of carbonyl (C=O) groups is 1. The SMILES string of the molecule is O=C(NC(=S)Nc1ccc(N2CCN(Cc3ccccc3Cl)CC2)c(Cl)c1)c1ccc(N2CCCCC2)c([N+](=O)[O-])c1. The molecule has 0 atom stereocenters. The normalized spacial score (nSPS) is 15.8. The second-order valence-corrected chi connectivity index (χ2v) is 11.7. The summed E-state index contributed by atoms with van der Waals surface area (Å²) in [6.45, 7) is 5.76. The van der Waals surface area contributed by atoms with Gasteiger partial charge in [0.25, 0.3) is 11.6 Å². The molecule has 0 spiro atoms. The average molecular weight is 628 g/mol. The minimum atomic E-state index is -0.529. The van der Waals surface area contributed by atoms with Gasteiger partial charge < -0.3 is 15.1 Å². The van der Waals surface area contributed by atoms with Crippen LogP contribution in [0.15, 0.2) is 60.7 Å². The molecule has 9 nitrogen and oxygen atoms in total. The summed E-state index contributed by atoms with van der Waals surface area (Å²) in [6.07, 6.45) is 3.10. The first-order valence-electron chi connectivity index (χ1n) is 13.9. The number of piperazine rings is 1. The Hall–Kier alpha value is -3.44. The first-order chi connectivity index (χ1) is 20.3. The molecule has 0 radical (unpaired) electrons. The summed E-state index contributed by atoms with van der Waals surface area (Å²) in [6, 6.07) is 18.0. The Morgan fingerprint density at radius 1 is 0.857 bits per heavy atom. The number of rotatable bonds is 7. The fraction of sp³-hybridized carbons (Fsp3) is 0.333. The molecule has 0 aliphatic carbocycles. The Balaban J connectivity index is 1.16. The molecule has 2 aliphatic heterocycles. The van der Waals surface area contributed by atoms with Crippen molar-refractivity contribution in [2.24, 2.45) is 0 Å². The standard InChI is InChI=1S/C30H32Cl2N6O3S/c31-24-7-3-2-6-22(24)20-35-14-16-37(17-15-35)26-11-9-23(19-25(26)32)33-30(42)34-29(39)21-8-10-27(28(18-21)38(40)41)36-12-4-1-5-13-36/h2-3,6-11,18-19H,1,4-5,12-17,20H2,(H2,33,34,39,42). The third kappa shape index (κ3) is 7.30. The Labute approximate surface area is 260 Å². The lowest BCUT2D eigenvalue weighted by Gasteiger charge is -2.36. The van der Waals surface area contributed by atoms with E-state index in [1.165, 1.54) is 6.07 Å². The maximum absolute atomic E-state index is 12.9. The molecule has 5 rings (SSSR count). The van der Waals surface area contributed by atoms with E-state index in [9.17, 15) is 14.9 Å². The molecule has 2 saturated heterocycles. The summed E-state index contributed by atoms with van der Waals surface area (Å²) in [5, 5.41) is 18.8. The molecule has 0 saturated carbocycles. The maximum Gasteiger partial charge on any atom is 0.293 e. The van der Waals surface area contributed by atoms with Gasteiger partial charge in [0, 0.05) is 68.2 Å². The third-order valence-corrected chi connectivity index (χ3v) is 8.50. The van der Waals surface area contributed by atoms with Crippen molar-refractivity contribution in [2.45, 2.75) is 25.8 Å². The van der Waals surface area contributed by atoms with Crippen LogP contribution in [0.2, 0.25) is 10.0 Å². The predicted octanol–water partition coefficient (Wildman–Crippen LogP) is 6.34. The smallest absolute Gasteiger partial charge is 0.293 e. The number of carbonyl (C=O) groups excluding carboxylic acids is 1. The molecule has 2 N–H and O–H groups in total. The molecular weight excluding hydrogens is 595 g/mol. The van der Waals surface area contributed by atoms with Crippen LogP contribution in [-0.2, 0) is 6.54 Å². The minimum Gasteiger partial charge on any atom is -0.368 e. The van der Waals surface area contributed by atoms with Crippen LogP contribution in [0.1, 0.15) is 35.2 Å². The van der Waals surface area contributed by atoms with Gasteiger partial charge in [-0.1, -0.05) is 41.4 Å². The van der Waals surface area contributed by atoms with E-state index in [-0.39, 0.29) is 16.4 Å². The fourth-order valence-corrected chi connectivity index (χ4v) is 6.11. The first-order valence-corrected chi connectivity index (χ1v) is 15.1. The molecule has 2 fully saturated rings. The van der Waals surface area contributed by atoms with E-state index in [2.05, 4.69) is 26.5 Å². The number of nitrogens with one attached hydrogen (secondary N) is 2. The Morgan fingerprint density at radius 3 is 2.24 bits per heavy atom. The maximum atomic E-state index is 12.9. The molecule has 3 aromatic carbocycles. The number of nitro groups is 1. The van der Waals surface area contributed by atoms with Crippen molar-refractivity contribution < 1.29 is 9.72 Å². The molecule has 220 valence electrons. The molecular formula is C30H32Cl2N6O3S. The van der Waals surface area contributed by atoms with E-state index >= 15 is 0 Å². The summed E-state index contributed by atoms with van der Waals surface area (Å²) in [5.74, 6) is -0.529. The van der Waals surface area contributed by atoms with Gasteiger partial charge >= 0.3 is 0 Å². The van der Waals surface area contributed by atoms with Crippen molar-refractivity contribution in [1.29, 1.82) is 0 Å². The average Bonchev–Trinajstić information content (AvgIpc) is 2.99. The van der Waals surface area contributed by atoms with Crippen LogP contribution < -0.4 is 20.4 Å². The zero-order valence-electron chi connectivity index (χ0n) is 23.0. The van der Waals surface area contributed by atoms with Gasteiger partial charge in [-0.15, -0.1) is 0 Å². The van der Waals surface area contributed by atoms with Gasteiger partial charge in [-0.3, -0.25) is 25.1 Å². The van der Waals surface area contributed by atoms with Gasteiger partial charge in [0.15, 0.2) is 5.11 Å². The van der Waals surface area contributed by atoms with Crippen molar-refractivity contribution >= 4 is 69.2 Å². The molecule has 3 aromatic rings. The van der Waals surface area contributed by atoms with Crippen LogP contribution in [0, 0.1) is 10.1 Å². The van der Waals surface area contributed by atoms with E-state index in [0.29, 0.717) is 16.4 Å². The predicted molar refractivity (Wildman–Crippen MR) is 173 cm³/mol. The van der Waals surface area contributed by atoms with Crippen molar-refractivity contribution in [3.05, 3.63) is 92.0 Å². The van der Waals surface area contributed by atoms with Crippen LogP contribution in [0.25, 0.3) is 0 Å². The van der Waals surface area contributed by atoms with E-state index in [1.807, 2.05) is 35.2 Å². The number of piperidine rings is 1. The highest BCUT2D eigenvalue weighted by atomic mass is 35.5. The number of halogens is 2. The number of hydrogen-bond donors (Lipinski definition) is 2. The Morgan fingerprint density at radius 2 is 1.55 bits per heavy atom. The largest absolute Gasteiger partial charge is 0.368 e. The van der Waals surface area contributed by atoms with Crippen molar-refractivity contribution in [3.8, 4) is 0 Å². The van der Waals surface area contributed by atoms with E-state index in [4.69, 9.17) is 35.4 Å². The quantitative estimate of drug-likeness (QED) is 0.178. The van der Waals surface area contributed by atoms with Crippen LogP contribution in [0.5, 0.6) is 0 Å². The third-order valence-electron chi connectivity index (χ3n) is 7.63. The molecule has 42 heavy (non-hydrogen) atoms. The number of amides is 1. The summed E-state index contributed by atoms with van der Waals surface area (Å²) in [7, 11) is 0. The molecule has 12 heteroatoms. The first kappa shape index (κ1) is 30.0. The lowest BCUT2D eigenvalue weighted by atomic mass is 10.1. The van der Waals surface area contributed by atoms with Crippen molar-refractivity contribution in [3.63, 3.8) is 0 Å². The van der Waals surface area contributed by atoms with Gasteiger partial charge in [-0.05, 0) is 73.4 Å². The van der Waals surface area contributed by atoms with Gasteiger partial charge in [0.1, 0.15) is 5.69 Å². The highest BCUT2D eigenvalue weighted by Gasteiger charge is 2.24. The topological polar surface area (TPSA) is 94.0 Å². The molecule has 2 heterocycles. The molecule has 0 aromatic heterocycles.